The van der Waals surface area contributed by atoms with Crippen molar-refractivity contribution in [1.82, 2.24) is 4.98 Å². The first-order valence-electron chi connectivity index (χ1n) is 9.43. The standard InChI is InChI=1S/C21H28N2/c1-2-3-4-7-14-10-15-12-16(11-14)20-19(13-15)23-18-9-6-5-8-17(18)21(20)22/h5-6,8-9,14-16H,2-4,7,10-13H2,1H3,(H2,22,23). The van der Waals surface area contributed by atoms with Crippen LogP contribution in [0, 0.1) is 11.8 Å². The lowest BCUT2D eigenvalue weighted by Gasteiger charge is -2.40. The van der Waals surface area contributed by atoms with Crippen LogP contribution in [-0.2, 0) is 6.42 Å². The molecule has 1 aromatic heterocycles. The monoisotopic (exact) mass is 308 g/mol. The maximum atomic E-state index is 6.60. The molecule has 23 heavy (non-hydrogen) atoms. The summed E-state index contributed by atoms with van der Waals surface area (Å²) in [6.45, 7) is 2.29. The van der Waals surface area contributed by atoms with Gasteiger partial charge in [-0.15, -0.1) is 0 Å². The summed E-state index contributed by atoms with van der Waals surface area (Å²) in [6.07, 6.45) is 10.7. The molecule has 2 aliphatic rings. The number of benzene rings is 1. The third-order valence-electron chi connectivity index (χ3n) is 6.06. The van der Waals surface area contributed by atoms with E-state index in [0.29, 0.717) is 5.92 Å². The average Bonchev–Trinajstić information content (AvgIpc) is 2.55. The number of para-hydroxylation sites is 1. The highest BCUT2D eigenvalue weighted by atomic mass is 14.8. The summed E-state index contributed by atoms with van der Waals surface area (Å²) >= 11 is 0. The smallest absolute Gasteiger partial charge is 0.0726 e. The average molecular weight is 308 g/mol. The van der Waals surface area contributed by atoms with Crippen LogP contribution in [0.25, 0.3) is 10.9 Å². The molecule has 2 aliphatic carbocycles. The van der Waals surface area contributed by atoms with E-state index < -0.39 is 0 Å². The largest absolute Gasteiger partial charge is 0.398 e. The van der Waals surface area contributed by atoms with E-state index in [0.717, 1.165) is 34.8 Å². The first kappa shape index (κ1) is 15.0. The Bertz CT molecular complexity index is 706. The maximum absolute atomic E-state index is 6.60. The Hall–Kier alpha value is -1.57. The van der Waals surface area contributed by atoms with Crippen LogP contribution in [0.3, 0.4) is 0 Å². The molecule has 3 unspecified atom stereocenters. The third-order valence-corrected chi connectivity index (χ3v) is 6.06. The minimum absolute atomic E-state index is 0.654. The Morgan fingerprint density at radius 3 is 2.87 bits per heavy atom. The minimum atomic E-state index is 0.654. The molecule has 1 aromatic carbocycles. The molecule has 0 amide bonds. The number of unbranched alkanes of at least 4 members (excludes halogenated alkanes) is 2. The van der Waals surface area contributed by atoms with Gasteiger partial charge in [0, 0.05) is 22.3 Å². The van der Waals surface area contributed by atoms with Gasteiger partial charge in [-0.05, 0) is 49.5 Å². The van der Waals surface area contributed by atoms with Gasteiger partial charge < -0.3 is 5.73 Å². The SMILES string of the molecule is CCCCCC1CC2Cc3nc4ccccc4c(N)c3C(C1)C2. The second-order valence-corrected chi connectivity index (χ2v) is 7.74. The topological polar surface area (TPSA) is 38.9 Å². The zero-order valence-corrected chi connectivity index (χ0v) is 14.2. The van der Waals surface area contributed by atoms with Crippen LogP contribution in [0.1, 0.15) is 69.0 Å². The van der Waals surface area contributed by atoms with Crippen LogP contribution < -0.4 is 5.73 Å². The molecule has 4 rings (SSSR count). The van der Waals surface area contributed by atoms with Gasteiger partial charge in [0.15, 0.2) is 0 Å². The molecule has 2 N–H and O–H groups in total. The van der Waals surface area contributed by atoms with Crippen LogP contribution >= 0.6 is 0 Å². The van der Waals surface area contributed by atoms with Crippen molar-refractivity contribution in [3.63, 3.8) is 0 Å². The van der Waals surface area contributed by atoms with Crippen LogP contribution in [0.15, 0.2) is 24.3 Å². The number of fused-ring (bicyclic) bond motifs is 5. The highest BCUT2D eigenvalue weighted by Gasteiger charge is 2.37. The molecule has 2 bridgehead atoms. The number of anilines is 1. The number of hydrogen-bond donors (Lipinski definition) is 1. The summed E-state index contributed by atoms with van der Waals surface area (Å²) in [6, 6.07) is 8.37. The molecule has 1 heterocycles. The van der Waals surface area contributed by atoms with E-state index in [1.54, 1.807) is 0 Å². The first-order chi connectivity index (χ1) is 11.3. The van der Waals surface area contributed by atoms with E-state index in [4.69, 9.17) is 10.7 Å². The fraction of sp³-hybridized carbons (Fsp3) is 0.571. The van der Waals surface area contributed by atoms with Gasteiger partial charge in [0.25, 0.3) is 0 Å². The molecule has 0 radical (unpaired) electrons. The molecule has 0 saturated heterocycles. The minimum Gasteiger partial charge on any atom is -0.398 e. The van der Waals surface area contributed by atoms with E-state index >= 15 is 0 Å². The summed E-state index contributed by atoms with van der Waals surface area (Å²) in [7, 11) is 0. The molecule has 122 valence electrons. The Kier molecular flexibility index (Phi) is 4.00. The van der Waals surface area contributed by atoms with Gasteiger partial charge >= 0.3 is 0 Å². The zero-order chi connectivity index (χ0) is 15.8. The third kappa shape index (κ3) is 2.73. The van der Waals surface area contributed by atoms with E-state index in [1.165, 1.54) is 56.2 Å². The van der Waals surface area contributed by atoms with Crippen LogP contribution in [0.5, 0.6) is 0 Å². The molecule has 3 atom stereocenters. The van der Waals surface area contributed by atoms with Crippen molar-refractivity contribution in [3.8, 4) is 0 Å². The second kappa shape index (κ2) is 6.14. The second-order valence-electron chi connectivity index (χ2n) is 7.74. The summed E-state index contributed by atoms with van der Waals surface area (Å²) in [5.74, 6) is 2.39. The number of aromatic nitrogens is 1. The van der Waals surface area contributed by atoms with Gasteiger partial charge in [0.05, 0.1) is 5.52 Å². The number of hydrogen-bond acceptors (Lipinski definition) is 2. The number of nitrogens with zero attached hydrogens (tertiary/aromatic N) is 1. The van der Waals surface area contributed by atoms with Crippen molar-refractivity contribution < 1.29 is 0 Å². The molecule has 0 aliphatic heterocycles. The van der Waals surface area contributed by atoms with Crippen molar-refractivity contribution in [2.24, 2.45) is 11.8 Å². The van der Waals surface area contributed by atoms with E-state index in [9.17, 15) is 0 Å². The van der Waals surface area contributed by atoms with Crippen molar-refractivity contribution in [3.05, 3.63) is 35.5 Å². The Morgan fingerprint density at radius 2 is 2.00 bits per heavy atom. The summed E-state index contributed by atoms with van der Waals surface area (Å²) in [5, 5.41) is 1.15. The normalized spacial score (nSPS) is 26.2. The number of rotatable bonds is 4. The molecular formula is C21H28N2. The molecule has 0 spiro atoms. The van der Waals surface area contributed by atoms with Gasteiger partial charge in [-0.2, -0.15) is 0 Å². The number of pyridine rings is 1. The van der Waals surface area contributed by atoms with Crippen LogP contribution in [0.4, 0.5) is 5.69 Å². The van der Waals surface area contributed by atoms with E-state index in [2.05, 4.69) is 31.2 Å². The van der Waals surface area contributed by atoms with Gasteiger partial charge in [0.2, 0.25) is 0 Å². The quantitative estimate of drug-likeness (QED) is 0.762. The van der Waals surface area contributed by atoms with Crippen molar-refractivity contribution in [2.75, 3.05) is 5.73 Å². The Balaban J connectivity index is 1.65. The van der Waals surface area contributed by atoms with Gasteiger partial charge in [-0.25, -0.2) is 0 Å². The predicted molar refractivity (Wildman–Crippen MR) is 97.6 cm³/mol. The molecule has 2 aromatic rings. The van der Waals surface area contributed by atoms with Gasteiger partial charge in [-0.3, -0.25) is 4.98 Å². The van der Waals surface area contributed by atoms with E-state index in [-0.39, 0.29) is 0 Å². The lowest BCUT2D eigenvalue weighted by molar-refractivity contribution is 0.207. The summed E-state index contributed by atoms with van der Waals surface area (Å²) in [5.41, 5.74) is 11.4. The molecule has 2 nitrogen and oxygen atoms in total. The number of nitrogen functional groups attached to an aromatic ring is 1. The summed E-state index contributed by atoms with van der Waals surface area (Å²) in [4.78, 5) is 4.98. The number of nitrogens with two attached hydrogens (primary N) is 1. The van der Waals surface area contributed by atoms with Crippen LogP contribution in [-0.4, -0.2) is 4.98 Å². The lowest BCUT2D eigenvalue weighted by Crippen LogP contribution is -2.30. The zero-order valence-electron chi connectivity index (χ0n) is 14.2. The Morgan fingerprint density at radius 1 is 1.13 bits per heavy atom. The van der Waals surface area contributed by atoms with Gasteiger partial charge in [0.1, 0.15) is 0 Å². The van der Waals surface area contributed by atoms with Crippen molar-refractivity contribution in [1.29, 1.82) is 0 Å². The maximum Gasteiger partial charge on any atom is 0.0726 e. The van der Waals surface area contributed by atoms with Gasteiger partial charge in [-0.1, -0.05) is 50.8 Å². The highest BCUT2D eigenvalue weighted by Crippen LogP contribution is 2.49. The highest BCUT2D eigenvalue weighted by molar-refractivity contribution is 5.92. The summed E-state index contributed by atoms with van der Waals surface area (Å²) < 4.78 is 0. The van der Waals surface area contributed by atoms with Crippen molar-refractivity contribution in [2.45, 2.75) is 64.2 Å². The fourth-order valence-electron chi connectivity index (χ4n) is 5.08. The molecular weight excluding hydrogens is 280 g/mol. The van der Waals surface area contributed by atoms with E-state index in [1.807, 2.05) is 0 Å². The lowest BCUT2D eigenvalue weighted by atomic mass is 9.65. The fourth-order valence-corrected chi connectivity index (χ4v) is 5.08. The molecule has 1 saturated carbocycles. The molecule has 1 fully saturated rings. The predicted octanol–water partition coefficient (Wildman–Crippen LogP) is 5.45. The molecule has 2 heteroatoms. The van der Waals surface area contributed by atoms with Crippen LogP contribution in [0.2, 0.25) is 0 Å². The first-order valence-corrected chi connectivity index (χ1v) is 9.43. The van der Waals surface area contributed by atoms with Crippen molar-refractivity contribution >= 4 is 16.6 Å². The Labute approximate surface area is 139 Å².